The van der Waals surface area contributed by atoms with Crippen LogP contribution in [0.25, 0.3) is 0 Å². The van der Waals surface area contributed by atoms with E-state index in [1.807, 2.05) is 6.92 Å². The maximum absolute atomic E-state index is 13.7. The zero-order valence-electron chi connectivity index (χ0n) is 15.2. The summed E-state index contributed by atoms with van der Waals surface area (Å²) in [5.41, 5.74) is 0.466. The second kappa shape index (κ2) is 8.96. The van der Waals surface area contributed by atoms with Crippen molar-refractivity contribution < 1.29 is 22.8 Å². The molecule has 148 valence electrons. The number of nitrogens with one attached hydrogen (secondary N) is 1. The van der Waals surface area contributed by atoms with Crippen LogP contribution < -0.4 is 10.2 Å². The number of aromatic nitrogens is 2. The number of anilines is 1. The lowest BCUT2D eigenvalue weighted by Gasteiger charge is -2.08. The fourth-order valence-electron chi connectivity index (χ4n) is 2.38. The van der Waals surface area contributed by atoms with E-state index in [0.717, 1.165) is 18.2 Å². The number of pyridine rings is 2. The lowest BCUT2D eigenvalue weighted by Crippen LogP contribution is -2.16. The van der Waals surface area contributed by atoms with Crippen LogP contribution in [-0.2, 0) is 0 Å². The molecule has 2 aromatic heterocycles. The second-order valence-corrected chi connectivity index (χ2v) is 5.78. The molecule has 6 nitrogen and oxygen atoms in total. The predicted molar refractivity (Wildman–Crippen MR) is 100 cm³/mol. The van der Waals surface area contributed by atoms with E-state index in [1.165, 1.54) is 30.6 Å². The minimum Gasteiger partial charge on any atom is -0.355 e. The molecule has 0 radical (unpaired) electrons. The van der Waals surface area contributed by atoms with Gasteiger partial charge in [-0.2, -0.15) is 4.39 Å². The molecule has 9 heteroatoms. The van der Waals surface area contributed by atoms with Crippen molar-refractivity contribution in [2.24, 2.45) is 5.16 Å². The van der Waals surface area contributed by atoms with Crippen molar-refractivity contribution in [2.75, 3.05) is 5.32 Å². The van der Waals surface area contributed by atoms with E-state index in [-0.39, 0.29) is 11.6 Å². The number of carbonyl (C=O) groups is 1. The lowest BCUT2D eigenvalue weighted by atomic mass is 10.1. The number of carbonyl (C=O) groups excluding carboxylic acids is 1. The number of oxime groups is 1. The van der Waals surface area contributed by atoms with Crippen LogP contribution in [0.4, 0.5) is 19.0 Å². The number of hydrogen-bond donors (Lipinski definition) is 1. The normalized spacial score (nSPS) is 11.2. The molecule has 1 N–H and O–H groups in total. The molecule has 0 bridgehead atoms. The van der Waals surface area contributed by atoms with Crippen LogP contribution in [0.15, 0.2) is 60.0 Å². The summed E-state index contributed by atoms with van der Waals surface area (Å²) in [6, 6.07) is 8.78. The quantitative estimate of drug-likeness (QED) is 0.379. The number of halogens is 3. The first kappa shape index (κ1) is 20.0. The average molecular weight is 400 g/mol. The summed E-state index contributed by atoms with van der Waals surface area (Å²) in [4.78, 5) is 24.9. The number of amides is 1. The maximum Gasteiger partial charge on any atom is 0.262 e. The van der Waals surface area contributed by atoms with Crippen LogP contribution in [0.3, 0.4) is 0 Å². The molecule has 2 heterocycles. The van der Waals surface area contributed by atoms with Gasteiger partial charge in [-0.15, -0.1) is 0 Å². The van der Waals surface area contributed by atoms with Crippen molar-refractivity contribution in [1.82, 2.24) is 9.97 Å². The topological polar surface area (TPSA) is 76.5 Å². The zero-order valence-corrected chi connectivity index (χ0v) is 15.2. The van der Waals surface area contributed by atoms with Gasteiger partial charge in [-0.25, -0.2) is 18.7 Å². The van der Waals surface area contributed by atoms with Gasteiger partial charge in [-0.3, -0.25) is 4.79 Å². The smallest absolute Gasteiger partial charge is 0.262 e. The van der Waals surface area contributed by atoms with Crippen molar-refractivity contribution in [3.05, 3.63) is 83.6 Å². The molecule has 1 amide bonds. The van der Waals surface area contributed by atoms with E-state index < -0.39 is 29.1 Å². The number of benzene rings is 1. The van der Waals surface area contributed by atoms with E-state index in [2.05, 4.69) is 20.4 Å². The summed E-state index contributed by atoms with van der Waals surface area (Å²) in [7, 11) is 0. The Morgan fingerprint density at radius 3 is 2.38 bits per heavy atom. The Labute approximate surface area is 164 Å². The minimum atomic E-state index is -0.966. The first-order valence-corrected chi connectivity index (χ1v) is 8.55. The van der Waals surface area contributed by atoms with Gasteiger partial charge in [0.05, 0.1) is 11.9 Å². The molecule has 1 aromatic carbocycles. The van der Waals surface area contributed by atoms with Crippen molar-refractivity contribution in [3.8, 4) is 5.75 Å². The molecule has 0 unspecified atom stereocenters. The summed E-state index contributed by atoms with van der Waals surface area (Å²) in [6.07, 6.45) is 3.13. The summed E-state index contributed by atoms with van der Waals surface area (Å²) in [6.45, 7) is 1.85. The Morgan fingerprint density at radius 1 is 1.03 bits per heavy atom. The Balaban J connectivity index is 1.72. The Morgan fingerprint density at radius 2 is 1.79 bits per heavy atom. The molecule has 0 spiro atoms. The van der Waals surface area contributed by atoms with Crippen LogP contribution in [-0.4, -0.2) is 21.6 Å². The first-order chi connectivity index (χ1) is 14.0. The molecule has 0 aliphatic heterocycles. The number of hydrogen-bond acceptors (Lipinski definition) is 5. The summed E-state index contributed by atoms with van der Waals surface area (Å²) >= 11 is 0. The van der Waals surface area contributed by atoms with Crippen LogP contribution in [0.1, 0.15) is 29.3 Å². The van der Waals surface area contributed by atoms with E-state index in [9.17, 15) is 18.0 Å². The number of nitrogens with zero attached hydrogens (tertiary/aromatic N) is 3. The molecular formula is C20H15F3N4O2. The summed E-state index contributed by atoms with van der Waals surface area (Å²) in [5, 5.41) is 6.34. The Hall–Kier alpha value is -3.75. The summed E-state index contributed by atoms with van der Waals surface area (Å²) in [5.74, 6) is -3.13. The fraction of sp³-hybridized carbons (Fsp3) is 0.100. The van der Waals surface area contributed by atoms with Gasteiger partial charge in [-0.1, -0.05) is 18.1 Å². The second-order valence-electron chi connectivity index (χ2n) is 5.78. The standard InChI is InChI=1S/C20H15F3N4O2/c1-2-16(27-29-13-7-8-17(23)24-11-13)12-6-9-18(25-10-12)26-20(28)19-14(21)4-3-5-15(19)22/h3-11H,2H2,1H3,(H,25,26,28)/b27-16-. The molecule has 0 saturated carbocycles. The van der Waals surface area contributed by atoms with E-state index >= 15 is 0 Å². The van der Waals surface area contributed by atoms with Gasteiger partial charge in [0.15, 0.2) is 5.75 Å². The van der Waals surface area contributed by atoms with Crippen molar-refractivity contribution in [2.45, 2.75) is 13.3 Å². The highest BCUT2D eigenvalue weighted by Crippen LogP contribution is 2.16. The molecule has 0 atom stereocenters. The van der Waals surface area contributed by atoms with Crippen molar-refractivity contribution in [1.29, 1.82) is 0 Å². The molecule has 0 saturated heterocycles. The van der Waals surface area contributed by atoms with E-state index in [1.54, 1.807) is 6.07 Å². The van der Waals surface area contributed by atoms with Gasteiger partial charge in [0.2, 0.25) is 5.95 Å². The highest BCUT2D eigenvalue weighted by molar-refractivity contribution is 6.04. The highest BCUT2D eigenvalue weighted by Gasteiger charge is 2.17. The monoisotopic (exact) mass is 400 g/mol. The third-order valence-electron chi connectivity index (χ3n) is 3.82. The van der Waals surface area contributed by atoms with Crippen LogP contribution >= 0.6 is 0 Å². The molecule has 0 fully saturated rings. The molecular weight excluding hydrogens is 385 g/mol. The van der Waals surface area contributed by atoms with Crippen LogP contribution in [0.2, 0.25) is 0 Å². The van der Waals surface area contributed by atoms with Gasteiger partial charge in [0.1, 0.15) is 23.0 Å². The number of rotatable bonds is 6. The predicted octanol–water partition coefficient (Wildman–Crippen LogP) is 4.34. The molecule has 29 heavy (non-hydrogen) atoms. The molecule has 3 rings (SSSR count). The van der Waals surface area contributed by atoms with Gasteiger partial charge < -0.3 is 10.2 Å². The fourth-order valence-corrected chi connectivity index (χ4v) is 2.38. The maximum atomic E-state index is 13.7. The third-order valence-corrected chi connectivity index (χ3v) is 3.82. The van der Waals surface area contributed by atoms with Crippen LogP contribution in [0, 0.1) is 17.6 Å². The highest BCUT2D eigenvalue weighted by atomic mass is 19.1. The van der Waals surface area contributed by atoms with Gasteiger partial charge in [0.25, 0.3) is 5.91 Å². The summed E-state index contributed by atoms with van der Waals surface area (Å²) < 4.78 is 40.2. The van der Waals surface area contributed by atoms with E-state index in [0.29, 0.717) is 17.7 Å². The van der Waals surface area contributed by atoms with Crippen LogP contribution in [0.5, 0.6) is 5.75 Å². The first-order valence-electron chi connectivity index (χ1n) is 8.55. The molecule has 3 aromatic rings. The minimum absolute atomic E-state index is 0.112. The van der Waals surface area contributed by atoms with Crippen molar-refractivity contribution >= 4 is 17.4 Å². The lowest BCUT2D eigenvalue weighted by molar-refractivity contribution is 0.101. The largest absolute Gasteiger partial charge is 0.355 e. The van der Waals surface area contributed by atoms with Gasteiger partial charge in [-0.05, 0) is 42.8 Å². The van der Waals surface area contributed by atoms with Gasteiger partial charge >= 0.3 is 0 Å². The van der Waals surface area contributed by atoms with Crippen molar-refractivity contribution in [3.63, 3.8) is 0 Å². The molecule has 0 aliphatic rings. The van der Waals surface area contributed by atoms with E-state index in [4.69, 9.17) is 4.84 Å². The SMILES string of the molecule is CC/C(=N/Oc1ccc(F)nc1)c1ccc(NC(=O)c2c(F)cccc2F)nc1. The Bertz CT molecular complexity index is 1020. The zero-order chi connectivity index (χ0) is 20.8. The third kappa shape index (κ3) is 4.95. The average Bonchev–Trinajstić information content (AvgIpc) is 2.71. The Kier molecular flexibility index (Phi) is 6.18. The molecule has 0 aliphatic carbocycles. The van der Waals surface area contributed by atoms with Gasteiger partial charge in [0, 0.05) is 11.8 Å².